The molecule has 1 rings (SSSR count). The molecular formula is C16H24N2O5. The molecule has 0 aliphatic rings. The fourth-order valence-corrected chi connectivity index (χ4v) is 2.30. The summed E-state index contributed by atoms with van der Waals surface area (Å²) in [6.45, 7) is 4.02. The molecule has 7 nitrogen and oxygen atoms in total. The molecule has 1 aromatic rings. The number of hydrogen-bond acceptors (Lipinski definition) is 6. The standard InChI is InChI=1S/C16H24N2O5/c1-4-22-15(20)9-12(16(21)23-5-2)7-6-8-14-17-10-13(11-19)18(14)3/h10-12H,4-9H2,1-3H3. The Bertz CT molecular complexity index is 539. The van der Waals surface area contributed by atoms with Crippen LogP contribution in [0.2, 0.25) is 0 Å². The molecule has 0 amide bonds. The maximum atomic E-state index is 11.9. The van der Waals surface area contributed by atoms with E-state index < -0.39 is 11.9 Å². The summed E-state index contributed by atoms with van der Waals surface area (Å²) >= 11 is 0. The predicted molar refractivity (Wildman–Crippen MR) is 82.9 cm³/mol. The quantitative estimate of drug-likeness (QED) is 0.481. The van der Waals surface area contributed by atoms with E-state index in [1.54, 1.807) is 25.5 Å². The van der Waals surface area contributed by atoms with Crippen LogP contribution in [0.25, 0.3) is 0 Å². The molecular weight excluding hydrogens is 300 g/mol. The smallest absolute Gasteiger partial charge is 0.309 e. The second kappa shape index (κ2) is 9.76. The average Bonchev–Trinajstić information content (AvgIpc) is 2.87. The van der Waals surface area contributed by atoms with E-state index in [-0.39, 0.29) is 25.6 Å². The number of imidazole rings is 1. The van der Waals surface area contributed by atoms with Gasteiger partial charge in [0.15, 0.2) is 6.29 Å². The molecule has 1 atom stereocenters. The van der Waals surface area contributed by atoms with E-state index in [1.165, 1.54) is 6.20 Å². The number of rotatable bonds is 10. The van der Waals surface area contributed by atoms with Gasteiger partial charge in [-0.15, -0.1) is 0 Å². The Morgan fingerprint density at radius 3 is 2.57 bits per heavy atom. The number of aryl methyl sites for hydroxylation is 1. The van der Waals surface area contributed by atoms with Crippen LogP contribution in [0.3, 0.4) is 0 Å². The summed E-state index contributed by atoms with van der Waals surface area (Å²) in [5.41, 5.74) is 0.508. The Morgan fingerprint density at radius 2 is 2.00 bits per heavy atom. The molecule has 128 valence electrons. The topological polar surface area (TPSA) is 87.5 Å². The average molecular weight is 324 g/mol. The first-order chi connectivity index (χ1) is 11.0. The molecule has 1 unspecified atom stereocenters. The number of esters is 2. The molecule has 7 heteroatoms. The van der Waals surface area contributed by atoms with Gasteiger partial charge < -0.3 is 14.0 Å². The van der Waals surface area contributed by atoms with Gasteiger partial charge in [0.1, 0.15) is 11.5 Å². The van der Waals surface area contributed by atoms with Crippen LogP contribution >= 0.6 is 0 Å². The van der Waals surface area contributed by atoms with Crippen LogP contribution in [0.1, 0.15) is 49.4 Å². The zero-order valence-electron chi connectivity index (χ0n) is 13.9. The predicted octanol–water partition coefficient (Wildman–Crippen LogP) is 1.69. The van der Waals surface area contributed by atoms with Gasteiger partial charge in [-0.05, 0) is 26.7 Å². The number of aromatic nitrogens is 2. The lowest BCUT2D eigenvalue weighted by Crippen LogP contribution is -2.22. The molecule has 0 aliphatic heterocycles. The molecule has 0 saturated carbocycles. The van der Waals surface area contributed by atoms with Crippen molar-refractivity contribution in [1.29, 1.82) is 0 Å². The van der Waals surface area contributed by atoms with Crippen molar-refractivity contribution < 1.29 is 23.9 Å². The first-order valence-corrected chi connectivity index (χ1v) is 7.81. The molecule has 1 aromatic heterocycles. The maximum Gasteiger partial charge on any atom is 0.309 e. The number of carbonyl (C=O) groups excluding carboxylic acids is 3. The van der Waals surface area contributed by atoms with Gasteiger partial charge in [-0.25, -0.2) is 4.98 Å². The molecule has 0 radical (unpaired) electrons. The summed E-state index contributed by atoms with van der Waals surface area (Å²) in [6.07, 6.45) is 4.06. The Hall–Kier alpha value is -2.18. The fraction of sp³-hybridized carbons (Fsp3) is 0.625. The lowest BCUT2D eigenvalue weighted by atomic mass is 9.98. The second-order valence-corrected chi connectivity index (χ2v) is 5.13. The summed E-state index contributed by atoms with van der Waals surface area (Å²) in [6, 6.07) is 0. The highest BCUT2D eigenvalue weighted by Crippen LogP contribution is 2.17. The first kappa shape index (κ1) is 18.9. The van der Waals surface area contributed by atoms with Crippen LogP contribution in [-0.2, 0) is 32.5 Å². The van der Waals surface area contributed by atoms with E-state index in [0.717, 1.165) is 12.1 Å². The van der Waals surface area contributed by atoms with Gasteiger partial charge >= 0.3 is 11.9 Å². The van der Waals surface area contributed by atoms with Crippen LogP contribution in [0.4, 0.5) is 0 Å². The van der Waals surface area contributed by atoms with Crippen molar-refractivity contribution in [1.82, 2.24) is 9.55 Å². The number of aldehydes is 1. The second-order valence-electron chi connectivity index (χ2n) is 5.13. The van der Waals surface area contributed by atoms with Gasteiger partial charge in [0, 0.05) is 13.5 Å². The van der Waals surface area contributed by atoms with E-state index in [0.29, 0.717) is 25.0 Å². The van der Waals surface area contributed by atoms with E-state index in [2.05, 4.69) is 4.98 Å². The van der Waals surface area contributed by atoms with Crippen molar-refractivity contribution in [2.45, 2.75) is 39.5 Å². The fourth-order valence-electron chi connectivity index (χ4n) is 2.30. The third kappa shape index (κ3) is 5.84. The van der Waals surface area contributed by atoms with E-state index in [1.807, 2.05) is 0 Å². The minimum Gasteiger partial charge on any atom is -0.466 e. The summed E-state index contributed by atoms with van der Waals surface area (Å²) in [7, 11) is 1.77. The Kier molecular flexibility index (Phi) is 8.01. The van der Waals surface area contributed by atoms with Gasteiger partial charge in [-0.2, -0.15) is 0 Å². The highest BCUT2D eigenvalue weighted by atomic mass is 16.5. The van der Waals surface area contributed by atoms with Gasteiger partial charge in [0.2, 0.25) is 0 Å². The lowest BCUT2D eigenvalue weighted by molar-refractivity contribution is -0.155. The zero-order valence-corrected chi connectivity index (χ0v) is 13.9. The lowest BCUT2D eigenvalue weighted by Gasteiger charge is -2.14. The van der Waals surface area contributed by atoms with E-state index in [9.17, 15) is 14.4 Å². The zero-order chi connectivity index (χ0) is 17.2. The van der Waals surface area contributed by atoms with Gasteiger partial charge in [-0.3, -0.25) is 14.4 Å². The number of hydrogen-bond donors (Lipinski definition) is 0. The summed E-state index contributed by atoms with van der Waals surface area (Å²) in [5, 5.41) is 0. The van der Waals surface area contributed by atoms with Gasteiger partial charge in [-0.1, -0.05) is 0 Å². The Morgan fingerprint density at radius 1 is 1.30 bits per heavy atom. The van der Waals surface area contributed by atoms with Crippen molar-refractivity contribution in [3.05, 3.63) is 17.7 Å². The molecule has 0 bridgehead atoms. The summed E-state index contributed by atoms with van der Waals surface area (Å²) in [4.78, 5) is 38.5. The van der Waals surface area contributed by atoms with E-state index >= 15 is 0 Å². The van der Waals surface area contributed by atoms with Crippen molar-refractivity contribution in [2.24, 2.45) is 13.0 Å². The molecule has 1 heterocycles. The molecule has 0 aliphatic carbocycles. The molecule has 0 saturated heterocycles. The van der Waals surface area contributed by atoms with Crippen LogP contribution in [-0.4, -0.2) is 41.0 Å². The van der Waals surface area contributed by atoms with Gasteiger partial charge in [0.05, 0.1) is 31.7 Å². The molecule has 0 spiro atoms. The number of nitrogens with zero attached hydrogens (tertiary/aromatic N) is 2. The number of ether oxygens (including phenoxy) is 2. The monoisotopic (exact) mass is 324 g/mol. The normalized spacial score (nSPS) is 11.8. The molecule has 23 heavy (non-hydrogen) atoms. The minimum absolute atomic E-state index is 0.0207. The molecule has 0 fully saturated rings. The first-order valence-electron chi connectivity index (χ1n) is 7.81. The van der Waals surface area contributed by atoms with Crippen LogP contribution in [0, 0.1) is 5.92 Å². The summed E-state index contributed by atoms with van der Waals surface area (Å²) in [5.74, 6) is -0.523. The largest absolute Gasteiger partial charge is 0.466 e. The van der Waals surface area contributed by atoms with Gasteiger partial charge in [0.25, 0.3) is 0 Å². The van der Waals surface area contributed by atoms with Crippen LogP contribution in [0.5, 0.6) is 0 Å². The third-order valence-corrected chi connectivity index (χ3v) is 3.53. The summed E-state index contributed by atoms with van der Waals surface area (Å²) < 4.78 is 11.6. The van der Waals surface area contributed by atoms with Crippen molar-refractivity contribution >= 4 is 18.2 Å². The van der Waals surface area contributed by atoms with Crippen molar-refractivity contribution in [3.8, 4) is 0 Å². The van der Waals surface area contributed by atoms with Crippen LogP contribution in [0.15, 0.2) is 6.20 Å². The Balaban J connectivity index is 2.58. The SMILES string of the molecule is CCOC(=O)CC(CCCc1ncc(C=O)n1C)C(=O)OCC. The number of carbonyl (C=O) groups is 3. The minimum atomic E-state index is -0.514. The van der Waals surface area contributed by atoms with Crippen molar-refractivity contribution in [3.63, 3.8) is 0 Å². The highest BCUT2D eigenvalue weighted by Gasteiger charge is 2.23. The van der Waals surface area contributed by atoms with Crippen LogP contribution < -0.4 is 0 Å². The third-order valence-electron chi connectivity index (χ3n) is 3.53. The van der Waals surface area contributed by atoms with Crippen molar-refractivity contribution in [2.75, 3.05) is 13.2 Å². The Labute approximate surface area is 136 Å². The molecule has 0 aromatic carbocycles. The molecule has 0 N–H and O–H groups in total. The maximum absolute atomic E-state index is 11.9. The van der Waals surface area contributed by atoms with E-state index in [4.69, 9.17) is 9.47 Å². The highest BCUT2D eigenvalue weighted by molar-refractivity contribution is 5.79.